The number of hydrogen-bond donors (Lipinski definition) is 1. The Labute approximate surface area is 104 Å². The third-order valence-electron chi connectivity index (χ3n) is 3.18. The first-order valence-electron chi connectivity index (χ1n) is 5.80. The van der Waals surface area contributed by atoms with Gasteiger partial charge in [-0.1, -0.05) is 6.07 Å². The minimum Gasteiger partial charge on any atom is -0.481 e. The summed E-state index contributed by atoms with van der Waals surface area (Å²) in [6.45, 7) is 1.89. The van der Waals surface area contributed by atoms with Crippen molar-refractivity contribution in [3.63, 3.8) is 0 Å². The van der Waals surface area contributed by atoms with Crippen LogP contribution in [0, 0.1) is 6.92 Å². The molecule has 4 nitrogen and oxygen atoms in total. The molecule has 0 radical (unpaired) electrons. The Kier molecular flexibility index (Phi) is 3.19. The average Bonchev–Trinajstić information content (AvgIpc) is 2.33. The summed E-state index contributed by atoms with van der Waals surface area (Å²) in [4.78, 5) is 22.4. The fraction of sp³-hybridized carbons (Fsp3) is 0.286. The zero-order valence-corrected chi connectivity index (χ0v) is 10.4. The zero-order chi connectivity index (χ0) is 13.3. The lowest BCUT2D eigenvalue weighted by atomic mass is 10.1. The van der Waals surface area contributed by atoms with Crippen LogP contribution in [0.15, 0.2) is 29.1 Å². The second-order valence-corrected chi connectivity index (χ2v) is 4.45. The second kappa shape index (κ2) is 4.64. The first-order valence-corrected chi connectivity index (χ1v) is 5.80. The Hall–Kier alpha value is -2.10. The Morgan fingerprint density at radius 2 is 2.06 bits per heavy atom. The van der Waals surface area contributed by atoms with Gasteiger partial charge in [-0.2, -0.15) is 0 Å². The van der Waals surface area contributed by atoms with Crippen LogP contribution in [0.3, 0.4) is 0 Å². The third-order valence-corrected chi connectivity index (χ3v) is 3.18. The van der Waals surface area contributed by atoms with E-state index in [1.807, 2.05) is 30.7 Å². The predicted octanol–water partition coefficient (Wildman–Crippen LogP) is 1.86. The molecule has 1 aromatic heterocycles. The molecular weight excluding hydrogens is 230 g/mol. The highest BCUT2D eigenvalue weighted by molar-refractivity contribution is 5.80. The van der Waals surface area contributed by atoms with E-state index in [0.717, 1.165) is 16.8 Å². The maximum atomic E-state index is 11.9. The molecule has 1 heterocycles. The molecule has 0 aliphatic rings. The van der Waals surface area contributed by atoms with Gasteiger partial charge < -0.3 is 9.67 Å². The van der Waals surface area contributed by atoms with Crippen LogP contribution in [0.5, 0.6) is 0 Å². The number of pyridine rings is 1. The van der Waals surface area contributed by atoms with Gasteiger partial charge in [-0.3, -0.25) is 9.59 Å². The Morgan fingerprint density at radius 1 is 1.33 bits per heavy atom. The molecule has 1 aromatic carbocycles. The molecule has 1 N–H and O–H groups in total. The van der Waals surface area contributed by atoms with Crippen LogP contribution < -0.4 is 5.43 Å². The molecule has 94 valence electrons. The lowest BCUT2D eigenvalue weighted by Crippen LogP contribution is -2.09. The van der Waals surface area contributed by atoms with E-state index in [4.69, 9.17) is 5.11 Å². The van der Waals surface area contributed by atoms with E-state index in [2.05, 4.69) is 0 Å². The first kappa shape index (κ1) is 12.4. The van der Waals surface area contributed by atoms with E-state index in [0.29, 0.717) is 11.8 Å². The fourth-order valence-corrected chi connectivity index (χ4v) is 2.03. The van der Waals surface area contributed by atoms with Crippen molar-refractivity contribution in [2.45, 2.75) is 19.8 Å². The highest BCUT2D eigenvalue weighted by atomic mass is 16.4. The minimum absolute atomic E-state index is 0.0159. The normalized spacial score (nSPS) is 10.8. The van der Waals surface area contributed by atoms with Gasteiger partial charge in [-0.15, -0.1) is 0 Å². The predicted molar refractivity (Wildman–Crippen MR) is 69.9 cm³/mol. The summed E-state index contributed by atoms with van der Waals surface area (Å²) >= 11 is 0. The van der Waals surface area contributed by atoms with E-state index < -0.39 is 5.97 Å². The number of fused-ring (bicyclic) bond motifs is 1. The summed E-state index contributed by atoms with van der Waals surface area (Å²) in [7, 11) is 1.91. The van der Waals surface area contributed by atoms with Crippen molar-refractivity contribution in [1.29, 1.82) is 0 Å². The highest BCUT2D eigenvalue weighted by Gasteiger charge is 2.06. The number of carbonyl (C=O) groups is 1. The van der Waals surface area contributed by atoms with Crippen LogP contribution in [0.25, 0.3) is 10.9 Å². The highest BCUT2D eigenvalue weighted by Crippen LogP contribution is 2.15. The maximum absolute atomic E-state index is 11.9. The van der Waals surface area contributed by atoms with Crippen molar-refractivity contribution >= 4 is 16.9 Å². The molecule has 0 atom stereocenters. The molecule has 0 unspecified atom stereocenters. The quantitative estimate of drug-likeness (QED) is 0.898. The Bertz CT molecular complexity index is 671. The van der Waals surface area contributed by atoms with Crippen LogP contribution >= 0.6 is 0 Å². The largest absolute Gasteiger partial charge is 0.481 e. The van der Waals surface area contributed by atoms with Crippen molar-refractivity contribution in [3.05, 3.63) is 45.7 Å². The van der Waals surface area contributed by atoms with Crippen molar-refractivity contribution < 1.29 is 9.90 Å². The monoisotopic (exact) mass is 245 g/mol. The van der Waals surface area contributed by atoms with Gasteiger partial charge in [0, 0.05) is 30.6 Å². The van der Waals surface area contributed by atoms with Crippen LogP contribution in [0.1, 0.15) is 17.7 Å². The minimum atomic E-state index is -0.827. The third kappa shape index (κ3) is 2.27. The lowest BCUT2D eigenvalue weighted by Gasteiger charge is -2.09. The van der Waals surface area contributed by atoms with Crippen LogP contribution in [-0.2, 0) is 18.3 Å². The Balaban J connectivity index is 2.52. The van der Waals surface area contributed by atoms with Gasteiger partial charge in [0.25, 0.3) is 0 Å². The standard InChI is InChI=1S/C14H15NO3/c1-9-7-13(16)11-8-10(4-6-14(17)18)3-5-12(11)15(9)2/h3,5,7-8H,4,6H2,1-2H3,(H,17,18). The molecule has 0 spiro atoms. The number of nitrogens with zero attached hydrogens (tertiary/aromatic N) is 1. The van der Waals surface area contributed by atoms with Crippen LogP contribution in [0.4, 0.5) is 0 Å². The van der Waals surface area contributed by atoms with Gasteiger partial charge in [0.05, 0.1) is 5.52 Å². The SMILES string of the molecule is Cc1cc(=O)c2cc(CCC(=O)O)ccc2n1C. The molecule has 0 aliphatic heterocycles. The van der Waals surface area contributed by atoms with E-state index in [1.54, 1.807) is 12.1 Å². The summed E-state index contributed by atoms with van der Waals surface area (Å²) in [5.41, 5.74) is 2.65. The smallest absolute Gasteiger partial charge is 0.303 e. The van der Waals surface area contributed by atoms with Gasteiger partial charge in [0.15, 0.2) is 5.43 Å². The number of rotatable bonds is 3. The van der Waals surface area contributed by atoms with E-state index in [9.17, 15) is 9.59 Å². The summed E-state index contributed by atoms with van der Waals surface area (Å²) in [6.07, 6.45) is 0.528. The molecule has 0 amide bonds. The molecule has 2 aromatic rings. The van der Waals surface area contributed by atoms with Gasteiger partial charge in [-0.25, -0.2) is 0 Å². The fourth-order valence-electron chi connectivity index (χ4n) is 2.03. The number of aryl methyl sites for hydroxylation is 3. The van der Waals surface area contributed by atoms with Gasteiger partial charge >= 0.3 is 5.97 Å². The molecule has 2 rings (SSSR count). The van der Waals surface area contributed by atoms with Crippen molar-refractivity contribution in [2.75, 3.05) is 0 Å². The lowest BCUT2D eigenvalue weighted by molar-refractivity contribution is -0.136. The first-order chi connectivity index (χ1) is 8.49. The number of aromatic nitrogens is 1. The van der Waals surface area contributed by atoms with Crippen molar-refractivity contribution in [1.82, 2.24) is 4.57 Å². The summed E-state index contributed by atoms with van der Waals surface area (Å²) in [5, 5.41) is 9.30. The van der Waals surface area contributed by atoms with E-state index in [-0.39, 0.29) is 11.8 Å². The molecule has 4 heteroatoms. The van der Waals surface area contributed by atoms with Crippen LogP contribution in [0.2, 0.25) is 0 Å². The molecular formula is C14H15NO3. The van der Waals surface area contributed by atoms with Gasteiger partial charge in [0.2, 0.25) is 0 Å². The van der Waals surface area contributed by atoms with Gasteiger partial charge in [0.1, 0.15) is 0 Å². The molecule has 0 saturated heterocycles. The molecule has 0 aliphatic carbocycles. The average molecular weight is 245 g/mol. The van der Waals surface area contributed by atoms with Crippen LogP contribution in [-0.4, -0.2) is 15.6 Å². The van der Waals surface area contributed by atoms with E-state index in [1.165, 1.54) is 0 Å². The maximum Gasteiger partial charge on any atom is 0.303 e. The molecule has 0 saturated carbocycles. The van der Waals surface area contributed by atoms with Gasteiger partial charge in [-0.05, 0) is 31.0 Å². The molecule has 0 bridgehead atoms. The molecule has 0 fully saturated rings. The topological polar surface area (TPSA) is 59.3 Å². The second-order valence-electron chi connectivity index (χ2n) is 4.45. The summed E-state index contributed by atoms with van der Waals surface area (Å²) in [5.74, 6) is -0.827. The zero-order valence-electron chi connectivity index (χ0n) is 10.4. The Morgan fingerprint density at radius 3 is 2.72 bits per heavy atom. The van der Waals surface area contributed by atoms with Crippen molar-refractivity contribution in [2.24, 2.45) is 7.05 Å². The summed E-state index contributed by atoms with van der Waals surface area (Å²) in [6, 6.07) is 7.15. The number of carboxylic acids is 1. The van der Waals surface area contributed by atoms with E-state index >= 15 is 0 Å². The number of hydrogen-bond acceptors (Lipinski definition) is 2. The van der Waals surface area contributed by atoms with Crippen molar-refractivity contribution in [3.8, 4) is 0 Å². The summed E-state index contributed by atoms with van der Waals surface area (Å²) < 4.78 is 1.96. The number of benzene rings is 1. The molecule has 18 heavy (non-hydrogen) atoms. The number of carboxylic acid groups (broad SMARTS) is 1. The number of aliphatic carboxylic acids is 1.